The van der Waals surface area contributed by atoms with Crippen molar-refractivity contribution in [2.75, 3.05) is 0 Å². The maximum atomic E-state index is 12.1. The molecule has 1 heterocycles. The highest BCUT2D eigenvalue weighted by atomic mass is 35.5. The Labute approximate surface area is 152 Å². The van der Waals surface area contributed by atoms with Crippen LogP contribution in [0.25, 0.3) is 6.08 Å². The molecule has 1 fully saturated rings. The predicted molar refractivity (Wildman–Crippen MR) is 100 cm³/mol. The molecule has 0 aliphatic carbocycles. The van der Waals surface area contributed by atoms with Crippen molar-refractivity contribution in [3.8, 4) is 0 Å². The summed E-state index contributed by atoms with van der Waals surface area (Å²) >= 11 is 7.28. The summed E-state index contributed by atoms with van der Waals surface area (Å²) in [6.07, 6.45) is 1.66. The first kappa shape index (κ1) is 17.2. The zero-order chi connectivity index (χ0) is 18.0. The van der Waals surface area contributed by atoms with Crippen LogP contribution in [0.2, 0.25) is 5.02 Å². The Hall–Kier alpha value is -2.64. The molecule has 1 aliphatic heterocycles. The number of carbonyl (C=O) groups excluding carboxylic acids is 1. The third-order valence-corrected chi connectivity index (χ3v) is 4.76. The van der Waals surface area contributed by atoms with Crippen molar-refractivity contribution in [3.63, 3.8) is 0 Å². The molecule has 25 heavy (non-hydrogen) atoms. The van der Waals surface area contributed by atoms with Gasteiger partial charge in [-0.15, -0.1) is 0 Å². The fourth-order valence-corrected chi connectivity index (χ4v) is 3.11. The number of non-ortho nitro benzene ring substituents is 1. The number of aryl methyl sites for hydroxylation is 1. The number of aliphatic imine (C=N–C) groups is 1. The molecule has 0 radical (unpaired) electrons. The monoisotopic (exact) mass is 373 g/mol. The van der Waals surface area contributed by atoms with Crippen molar-refractivity contribution in [3.05, 3.63) is 73.6 Å². The van der Waals surface area contributed by atoms with Crippen LogP contribution >= 0.6 is 23.4 Å². The summed E-state index contributed by atoms with van der Waals surface area (Å²) in [5.41, 5.74) is 2.30. The molecule has 1 saturated heterocycles. The summed E-state index contributed by atoms with van der Waals surface area (Å²) in [5.74, 6) is -0.264. The van der Waals surface area contributed by atoms with Gasteiger partial charge in [0.2, 0.25) is 0 Å². The van der Waals surface area contributed by atoms with Crippen molar-refractivity contribution < 1.29 is 9.72 Å². The van der Waals surface area contributed by atoms with Gasteiger partial charge in [0.1, 0.15) is 0 Å². The lowest BCUT2D eigenvalue weighted by Crippen LogP contribution is -2.19. The number of hydrogen-bond donors (Lipinski definition) is 1. The highest BCUT2D eigenvalue weighted by Gasteiger charge is 2.23. The second kappa shape index (κ2) is 7.08. The number of nitrogens with one attached hydrogen (secondary N) is 1. The van der Waals surface area contributed by atoms with E-state index in [1.165, 1.54) is 23.9 Å². The minimum atomic E-state index is -0.467. The Kier molecular flexibility index (Phi) is 4.87. The molecule has 2 aromatic carbocycles. The summed E-state index contributed by atoms with van der Waals surface area (Å²) in [6.45, 7) is 1.90. The predicted octanol–water partition coefficient (Wildman–Crippen LogP) is 4.45. The quantitative estimate of drug-likeness (QED) is 0.489. The Balaban J connectivity index is 1.80. The third-order valence-electron chi connectivity index (χ3n) is 3.44. The van der Waals surface area contributed by atoms with Crippen LogP contribution in [0.1, 0.15) is 11.1 Å². The van der Waals surface area contributed by atoms with Crippen LogP contribution in [-0.2, 0) is 4.79 Å². The van der Waals surface area contributed by atoms with Gasteiger partial charge in [0.05, 0.1) is 15.5 Å². The number of benzene rings is 2. The normalized spacial score (nSPS) is 17.1. The van der Waals surface area contributed by atoms with E-state index in [4.69, 9.17) is 11.6 Å². The molecule has 2 aromatic rings. The molecule has 0 atom stereocenters. The van der Waals surface area contributed by atoms with Gasteiger partial charge in [-0.1, -0.05) is 17.7 Å². The highest BCUT2D eigenvalue weighted by molar-refractivity contribution is 8.18. The first-order valence-electron chi connectivity index (χ1n) is 7.22. The SMILES string of the molecule is Cc1ccc(N=C2NC(=O)/C(=C/c3ccc([N+](=O)[O-])cc3)S2)cc1Cl. The summed E-state index contributed by atoms with van der Waals surface area (Å²) in [7, 11) is 0. The fourth-order valence-electron chi connectivity index (χ4n) is 2.09. The van der Waals surface area contributed by atoms with Gasteiger partial charge in [-0.2, -0.15) is 0 Å². The fraction of sp³-hybridized carbons (Fsp3) is 0.0588. The van der Waals surface area contributed by atoms with Crippen molar-refractivity contribution >= 4 is 51.9 Å². The van der Waals surface area contributed by atoms with E-state index in [0.717, 1.165) is 5.56 Å². The molecular weight excluding hydrogens is 362 g/mol. The van der Waals surface area contributed by atoms with Gasteiger partial charge in [0, 0.05) is 17.2 Å². The van der Waals surface area contributed by atoms with E-state index in [-0.39, 0.29) is 11.6 Å². The molecule has 0 saturated carbocycles. The Morgan fingerprint density at radius 2 is 1.96 bits per heavy atom. The number of hydrogen-bond acceptors (Lipinski definition) is 5. The first-order chi connectivity index (χ1) is 11.9. The van der Waals surface area contributed by atoms with E-state index < -0.39 is 4.92 Å². The lowest BCUT2D eigenvalue weighted by Gasteiger charge is -2.00. The molecule has 1 N–H and O–H groups in total. The van der Waals surface area contributed by atoms with E-state index in [9.17, 15) is 14.9 Å². The standard InChI is InChI=1S/C17H12ClN3O3S/c1-10-2-5-12(9-14(10)18)19-17-20-16(22)15(25-17)8-11-3-6-13(7-4-11)21(23)24/h2-9H,1H3,(H,19,20,22)/b15-8-. The second-order valence-corrected chi connectivity index (χ2v) is 6.70. The van der Waals surface area contributed by atoms with Gasteiger partial charge in [-0.05, 0) is 60.2 Å². The molecule has 126 valence electrons. The van der Waals surface area contributed by atoms with Crippen molar-refractivity contribution in [1.29, 1.82) is 0 Å². The minimum absolute atomic E-state index is 0.00387. The van der Waals surface area contributed by atoms with E-state index in [1.807, 2.05) is 19.1 Å². The van der Waals surface area contributed by atoms with Crippen LogP contribution in [-0.4, -0.2) is 16.0 Å². The van der Waals surface area contributed by atoms with Gasteiger partial charge in [0.25, 0.3) is 11.6 Å². The molecule has 1 aliphatic rings. The number of thioether (sulfide) groups is 1. The van der Waals surface area contributed by atoms with E-state index in [2.05, 4.69) is 10.3 Å². The van der Waals surface area contributed by atoms with E-state index in [0.29, 0.717) is 26.3 Å². The average Bonchev–Trinajstić information content (AvgIpc) is 2.91. The average molecular weight is 374 g/mol. The number of nitrogens with zero attached hydrogens (tertiary/aromatic N) is 2. The summed E-state index contributed by atoms with van der Waals surface area (Å²) in [6, 6.07) is 11.4. The zero-order valence-electron chi connectivity index (χ0n) is 13.0. The van der Waals surface area contributed by atoms with Crippen LogP contribution in [0.15, 0.2) is 52.4 Å². The number of nitro benzene ring substituents is 1. The largest absolute Gasteiger partial charge is 0.300 e. The second-order valence-electron chi connectivity index (χ2n) is 5.26. The van der Waals surface area contributed by atoms with Gasteiger partial charge >= 0.3 is 0 Å². The van der Waals surface area contributed by atoms with Crippen LogP contribution in [0, 0.1) is 17.0 Å². The first-order valence-corrected chi connectivity index (χ1v) is 8.42. The third kappa shape index (κ3) is 4.07. The lowest BCUT2D eigenvalue weighted by atomic mass is 10.2. The topological polar surface area (TPSA) is 84.6 Å². The molecule has 0 spiro atoms. The number of rotatable bonds is 3. The molecule has 0 aromatic heterocycles. The summed E-state index contributed by atoms with van der Waals surface area (Å²) in [4.78, 5) is 27.1. The van der Waals surface area contributed by atoms with E-state index in [1.54, 1.807) is 24.3 Å². The van der Waals surface area contributed by atoms with Crippen molar-refractivity contribution in [1.82, 2.24) is 5.32 Å². The molecule has 0 unspecified atom stereocenters. The number of nitro groups is 1. The molecule has 6 nitrogen and oxygen atoms in total. The summed E-state index contributed by atoms with van der Waals surface area (Å²) < 4.78 is 0. The molecule has 8 heteroatoms. The Morgan fingerprint density at radius 3 is 2.60 bits per heavy atom. The van der Waals surface area contributed by atoms with Crippen LogP contribution in [0.3, 0.4) is 0 Å². The van der Waals surface area contributed by atoms with Gasteiger partial charge in [-0.3, -0.25) is 14.9 Å². The maximum Gasteiger partial charge on any atom is 0.269 e. The molecule has 0 bridgehead atoms. The van der Waals surface area contributed by atoms with Crippen LogP contribution < -0.4 is 5.32 Å². The van der Waals surface area contributed by atoms with Crippen molar-refractivity contribution in [2.24, 2.45) is 4.99 Å². The van der Waals surface area contributed by atoms with Crippen molar-refractivity contribution in [2.45, 2.75) is 6.92 Å². The lowest BCUT2D eigenvalue weighted by molar-refractivity contribution is -0.384. The number of amidine groups is 1. The minimum Gasteiger partial charge on any atom is -0.300 e. The van der Waals surface area contributed by atoms with Gasteiger partial charge < -0.3 is 5.32 Å². The number of amides is 1. The highest BCUT2D eigenvalue weighted by Crippen LogP contribution is 2.29. The summed E-state index contributed by atoms with van der Waals surface area (Å²) in [5, 5.41) is 14.4. The van der Waals surface area contributed by atoms with Gasteiger partial charge in [0.15, 0.2) is 5.17 Å². The molecular formula is C17H12ClN3O3S. The molecule has 3 rings (SSSR count). The van der Waals surface area contributed by atoms with E-state index >= 15 is 0 Å². The van der Waals surface area contributed by atoms with Crippen LogP contribution in [0.4, 0.5) is 11.4 Å². The maximum absolute atomic E-state index is 12.1. The Bertz CT molecular complexity index is 923. The Morgan fingerprint density at radius 1 is 1.24 bits per heavy atom. The number of halogens is 1. The van der Waals surface area contributed by atoms with Gasteiger partial charge in [-0.25, -0.2) is 4.99 Å². The number of carbonyl (C=O) groups is 1. The smallest absolute Gasteiger partial charge is 0.269 e. The molecule has 1 amide bonds. The van der Waals surface area contributed by atoms with Crippen LogP contribution in [0.5, 0.6) is 0 Å². The zero-order valence-corrected chi connectivity index (χ0v) is 14.6.